The molecule has 1 aliphatic carbocycles. The van der Waals surface area contributed by atoms with Gasteiger partial charge in [0.1, 0.15) is 5.75 Å². The largest absolute Gasteiger partial charge is 0.508 e. The predicted molar refractivity (Wildman–Crippen MR) is 96.3 cm³/mol. The van der Waals surface area contributed by atoms with Gasteiger partial charge in [-0.15, -0.1) is 0 Å². The van der Waals surface area contributed by atoms with Gasteiger partial charge in [0.2, 0.25) is 0 Å². The Morgan fingerprint density at radius 1 is 1.08 bits per heavy atom. The third kappa shape index (κ3) is 2.35. The molecule has 0 unspecified atom stereocenters. The molecular formula is C21H17N3O2. The highest BCUT2D eigenvalue weighted by molar-refractivity contribution is 5.59. The Morgan fingerprint density at radius 2 is 1.81 bits per heavy atom. The van der Waals surface area contributed by atoms with Gasteiger partial charge in [0, 0.05) is 11.3 Å². The van der Waals surface area contributed by atoms with Crippen LogP contribution in [0, 0.1) is 18.3 Å². The van der Waals surface area contributed by atoms with Gasteiger partial charge in [-0.3, -0.25) is 0 Å². The molecule has 1 aromatic heterocycles. The van der Waals surface area contributed by atoms with Crippen molar-refractivity contribution in [3.05, 3.63) is 94.0 Å². The van der Waals surface area contributed by atoms with E-state index in [1.807, 2.05) is 43.3 Å². The number of nitrogens with two attached hydrogens (primary N) is 1. The first kappa shape index (κ1) is 16.0. The van der Waals surface area contributed by atoms with Crippen LogP contribution >= 0.6 is 0 Å². The van der Waals surface area contributed by atoms with Gasteiger partial charge in [0.15, 0.2) is 5.76 Å². The maximum atomic E-state index is 9.88. The number of aromatic nitrogens is 1. The van der Waals surface area contributed by atoms with E-state index in [1.54, 1.807) is 18.2 Å². The van der Waals surface area contributed by atoms with Crippen LogP contribution in [0.4, 0.5) is 0 Å². The molecule has 5 nitrogen and oxygen atoms in total. The second-order valence-corrected chi connectivity index (χ2v) is 6.40. The molecule has 4 rings (SSSR count). The van der Waals surface area contributed by atoms with Crippen molar-refractivity contribution in [1.29, 1.82) is 5.26 Å². The molecule has 0 saturated heterocycles. The molecule has 1 heterocycles. The molecule has 0 fully saturated rings. The van der Waals surface area contributed by atoms with Crippen LogP contribution in [0.2, 0.25) is 0 Å². The van der Waals surface area contributed by atoms with Gasteiger partial charge in [0.25, 0.3) is 0 Å². The van der Waals surface area contributed by atoms with Crippen molar-refractivity contribution < 1.29 is 9.63 Å². The number of allylic oxidation sites excluding steroid dienone is 2. The Hall–Kier alpha value is -3.52. The number of phenolic OH excluding ortho intramolecular Hbond substituents is 1. The monoisotopic (exact) mass is 343 g/mol. The molecule has 3 aromatic rings. The Bertz CT molecular complexity index is 1040. The van der Waals surface area contributed by atoms with Gasteiger partial charge in [-0.1, -0.05) is 47.6 Å². The van der Waals surface area contributed by atoms with Gasteiger partial charge in [-0.05, 0) is 30.2 Å². The number of fused-ring (bicyclic) bond motifs is 1. The Morgan fingerprint density at radius 3 is 2.50 bits per heavy atom. The molecule has 2 aromatic carbocycles. The van der Waals surface area contributed by atoms with E-state index < -0.39 is 5.92 Å². The average Bonchev–Trinajstić information content (AvgIpc) is 3.02. The zero-order valence-corrected chi connectivity index (χ0v) is 14.2. The summed E-state index contributed by atoms with van der Waals surface area (Å²) in [6.45, 7) is 1.87. The van der Waals surface area contributed by atoms with Crippen LogP contribution in [0.3, 0.4) is 0 Å². The smallest absolute Gasteiger partial charge is 0.154 e. The van der Waals surface area contributed by atoms with Crippen LogP contribution in [0.1, 0.15) is 40.0 Å². The van der Waals surface area contributed by atoms with E-state index in [-0.39, 0.29) is 11.7 Å². The molecule has 2 atom stereocenters. The van der Waals surface area contributed by atoms with Crippen LogP contribution in [0.25, 0.3) is 0 Å². The average molecular weight is 343 g/mol. The molecule has 5 heteroatoms. The lowest BCUT2D eigenvalue weighted by Gasteiger charge is -2.29. The van der Waals surface area contributed by atoms with Crippen molar-refractivity contribution >= 4 is 0 Å². The van der Waals surface area contributed by atoms with Crippen LogP contribution in [-0.2, 0) is 0 Å². The summed E-state index contributed by atoms with van der Waals surface area (Å²) in [6.07, 6.45) is 0. The normalized spacial score (nSPS) is 19.1. The van der Waals surface area contributed by atoms with Crippen molar-refractivity contribution in [2.75, 3.05) is 0 Å². The lowest BCUT2D eigenvalue weighted by atomic mass is 9.73. The van der Waals surface area contributed by atoms with Crippen molar-refractivity contribution in [1.82, 2.24) is 5.16 Å². The van der Waals surface area contributed by atoms with E-state index in [2.05, 4.69) is 11.2 Å². The minimum Gasteiger partial charge on any atom is -0.508 e. The quantitative estimate of drug-likeness (QED) is 0.739. The number of rotatable bonds is 2. The fraction of sp³-hybridized carbons (Fsp3) is 0.143. The first-order valence-corrected chi connectivity index (χ1v) is 8.31. The fourth-order valence-corrected chi connectivity index (χ4v) is 3.70. The highest BCUT2D eigenvalue weighted by atomic mass is 16.5. The molecule has 128 valence electrons. The summed E-state index contributed by atoms with van der Waals surface area (Å²) in [6, 6.07) is 18.9. The van der Waals surface area contributed by atoms with Gasteiger partial charge >= 0.3 is 0 Å². The number of benzene rings is 2. The number of aryl methyl sites for hydroxylation is 1. The molecule has 0 amide bonds. The number of aromatic hydroxyl groups is 1. The Kier molecular flexibility index (Phi) is 3.74. The maximum absolute atomic E-state index is 9.88. The summed E-state index contributed by atoms with van der Waals surface area (Å²) in [5, 5.41) is 23.9. The predicted octanol–water partition coefficient (Wildman–Crippen LogP) is 3.70. The summed E-state index contributed by atoms with van der Waals surface area (Å²) >= 11 is 0. The molecule has 1 aliphatic rings. The highest BCUT2D eigenvalue weighted by Gasteiger charge is 2.40. The van der Waals surface area contributed by atoms with E-state index in [1.165, 1.54) is 0 Å². The summed E-state index contributed by atoms with van der Waals surface area (Å²) < 4.78 is 5.65. The highest BCUT2D eigenvalue weighted by Crippen LogP contribution is 2.48. The molecule has 0 radical (unpaired) electrons. The Labute approximate surface area is 151 Å². The van der Waals surface area contributed by atoms with Gasteiger partial charge in [-0.25, -0.2) is 0 Å². The molecule has 26 heavy (non-hydrogen) atoms. The number of hydrogen-bond acceptors (Lipinski definition) is 5. The molecular weight excluding hydrogens is 326 g/mol. The zero-order valence-electron chi connectivity index (χ0n) is 14.2. The van der Waals surface area contributed by atoms with Crippen LogP contribution in [0.5, 0.6) is 5.75 Å². The first-order valence-electron chi connectivity index (χ1n) is 8.31. The molecule has 0 bridgehead atoms. The zero-order chi connectivity index (χ0) is 18.3. The lowest BCUT2D eigenvalue weighted by Crippen LogP contribution is -2.24. The molecule has 0 aliphatic heterocycles. The number of nitrogens with zero attached hydrogens (tertiary/aromatic N) is 2. The third-order valence-corrected chi connectivity index (χ3v) is 4.85. The number of hydrogen-bond donors (Lipinski definition) is 2. The van der Waals surface area contributed by atoms with Gasteiger partial charge < -0.3 is 15.4 Å². The van der Waals surface area contributed by atoms with E-state index >= 15 is 0 Å². The second kappa shape index (κ2) is 6.08. The van der Waals surface area contributed by atoms with Crippen molar-refractivity contribution in [2.45, 2.75) is 18.8 Å². The van der Waals surface area contributed by atoms with Crippen LogP contribution < -0.4 is 5.73 Å². The van der Waals surface area contributed by atoms with E-state index in [4.69, 9.17) is 10.3 Å². The topological polar surface area (TPSA) is 96.1 Å². The summed E-state index contributed by atoms with van der Waals surface area (Å²) in [5.41, 5.74) is 10.7. The van der Waals surface area contributed by atoms with Crippen molar-refractivity contribution in [2.24, 2.45) is 5.73 Å². The lowest BCUT2D eigenvalue weighted by molar-refractivity contribution is 0.371. The second-order valence-electron chi connectivity index (χ2n) is 6.40. The van der Waals surface area contributed by atoms with Gasteiger partial charge in [0.05, 0.1) is 29.2 Å². The summed E-state index contributed by atoms with van der Waals surface area (Å²) in [7, 11) is 0. The SMILES string of the molecule is Cc1noc2c1[C@@H](c1ccccc1)C(C#N)=C(N)[C@H]2c1cccc(O)c1. The summed E-state index contributed by atoms with van der Waals surface area (Å²) in [5.74, 6) is -0.000785. The minimum absolute atomic E-state index is 0.136. The molecule has 0 spiro atoms. The van der Waals surface area contributed by atoms with Crippen LogP contribution in [-0.4, -0.2) is 10.3 Å². The van der Waals surface area contributed by atoms with E-state index in [9.17, 15) is 10.4 Å². The molecule has 0 saturated carbocycles. The van der Waals surface area contributed by atoms with Crippen molar-refractivity contribution in [3.63, 3.8) is 0 Å². The first-order chi connectivity index (χ1) is 12.6. The third-order valence-electron chi connectivity index (χ3n) is 4.85. The minimum atomic E-state index is -0.451. The summed E-state index contributed by atoms with van der Waals surface area (Å²) in [4.78, 5) is 0. The number of nitriles is 1. The van der Waals surface area contributed by atoms with Crippen molar-refractivity contribution in [3.8, 4) is 11.8 Å². The molecule has 3 N–H and O–H groups in total. The fourth-order valence-electron chi connectivity index (χ4n) is 3.70. The number of phenols is 1. The van der Waals surface area contributed by atoms with Crippen LogP contribution in [0.15, 0.2) is 70.4 Å². The van der Waals surface area contributed by atoms with E-state index in [0.717, 1.165) is 22.4 Å². The van der Waals surface area contributed by atoms with Gasteiger partial charge in [-0.2, -0.15) is 5.26 Å². The standard InChI is InChI=1S/C21H17N3O2/c1-12-17-18(13-6-3-2-4-7-13)16(11-22)20(23)19(21(17)26-24-12)14-8-5-9-15(25)10-14/h2-10,18-19,25H,23H2,1H3/t18-,19+/m0/s1. The Balaban J connectivity index is 1.99. The van der Waals surface area contributed by atoms with E-state index in [0.29, 0.717) is 17.0 Å². The maximum Gasteiger partial charge on any atom is 0.154 e.